The number of rotatable bonds is 6. The molecule has 0 amide bonds. The van der Waals surface area contributed by atoms with E-state index in [4.69, 9.17) is 0 Å². The van der Waals surface area contributed by atoms with Crippen LogP contribution in [0.2, 0.25) is 0 Å². The van der Waals surface area contributed by atoms with E-state index in [0.29, 0.717) is 0 Å². The van der Waals surface area contributed by atoms with Crippen LogP contribution in [0.4, 0.5) is 0 Å². The van der Waals surface area contributed by atoms with Crippen molar-refractivity contribution in [2.45, 2.75) is 0 Å². The average Bonchev–Trinajstić information content (AvgIpc) is 3.83. The van der Waals surface area contributed by atoms with Crippen molar-refractivity contribution in [3.63, 3.8) is 0 Å². The van der Waals surface area contributed by atoms with Gasteiger partial charge in [0.1, 0.15) is 0 Å². The Morgan fingerprint density at radius 3 is 1.10 bits per heavy atom. The molecule has 0 radical (unpaired) electrons. The summed E-state index contributed by atoms with van der Waals surface area (Å²) in [6.07, 6.45) is 4.45. The molecule has 0 atom stereocenters. The molecule has 0 saturated heterocycles. The Morgan fingerprint density at radius 2 is 0.633 bits per heavy atom. The van der Waals surface area contributed by atoms with Crippen LogP contribution in [0, 0.1) is 0 Å². The second-order valence-electron chi connectivity index (χ2n) is 15.8. The second kappa shape index (κ2) is 13.9. The summed E-state index contributed by atoms with van der Waals surface area (Å²) in [5.74, 6) is 0. The van der Waals surface area contributed by atoms with Gasteiger partial charge in [-0.3, -0.25) is 0 Å². The number of fused-ring (bicyclic) bond motifs is 8. The fraction of sp³-hybridized carbons (Fsp3) is 0. The minimum Gasteiger partial charge on any atom is -0.309 e. The highest BCUT2D eigenvalue weighted by molar-refractivity contribution is 6.12. The summed E-state index contributed by atoms with van der Waals surface area (Å²) in [4.78, 5) is 0. The Morgan fingerprint density at radius 1 is 0.250 bits per heavy atom. The highest BCUT2D eigenvalue weighted by atomic mass is 15.0. The molecule has 0 saturated carbocycles. The van der Waals surface area contributed by atoms with Crippen LogP contribution in [-0.4, -0.2) is 9.13 Å². The summed E-state index contributed by atoms with van der Waals surface area (Å²) in [7, 11) is 0. The van der Waals surface area contributed by atoms with Gasteiger partial charge in [-0.15, -0.1) is 0 Å². The summed E-state index contributed by atoms with van der Waals surface area (Å²) < 4.78 is 4.81. The molecule has 0 aliphatic carbocycles. The minimum atomic E-state index is 1.17. The zero-order valence-corrected chi connectivity index (χ0v) is 32.8. The molecule has 12 aromatic rings. The average molecular weight is 763 g/mol. The van der Waals surface area contributed by atoms with E-state index < -0.39 is 0 Å². The normalized spacial score (nSPS) is 11.9. The van der Waals surface area contributed by atoms with E-state index in [1.165, 1.54) is 110 Å². The van der Waals surface area contributed by atoms with Gasteiger partial charge < -0.3 is 9.13 Å². The minimum absolute atomic E-state index is 1.17. The van der Waals surface area contributed by atoms with Gasteiger partial charge in [0, 0.05) is 32.9 Å². The molecular weight excluding hydrogens is 725 g/mol. The molecule has 0 aliphatic heterocycles. The van der Waals surface area contributed by atoms with Crippen LogP contribution in [0.25, 0.3) is 111 Å². The Labute approximate surface area is 348 Å². The molecule has 0 N–H and O–H groups in total. The maximum absolute atomic E-state index is 2.40. The molecule has 2 aromatic heterocycles. The van der Waals surface area contributed by atoms with Crippen molar-refractivity contribution in [2.75, 3.05) is 0 Å². The highest BCUT2D eigenvalue weighted by Gasteiger charge is 2.15. The van der Waals surface area contributed by atoms with Crippen LogP contribution in [0.5, 0.6) is 0 Å². The van der Waals surface area contributed by atoms with Gasteiger partial charge in [0.2, 0.25) is 0 Å². The molecule has 0 aliphatic rings. The van der Waals surface area contributed by atoms with Crippen LogP contribution in [0.1, 0.15) is 11.1 Å². The van der Waals surface area contributed by atoms with Crippen molar-refractivity contribution in [1.82, 2.24) is 9.13 Å². The Hall–Kier alpha value is -7.94. The quantitative estimate of drug-likeness (QED) is 0.149. The molecule has 2 nitrogen and oxygen atoms in total. The summed E-state index contributed by atoms with van der Waals surface area (Å²) >= 11 is 0. The summed E-state index contributed by atoms with van der Waals surface area (Å²) in [5, 5.41) is 9.95. The molecule has 2 heterocycles. The fourth-order valence-electron chi connectivity index (χ4n) is 9.30. The first kappa shape index (κ1) is 34.1. The van der Waals surface area contributed by atoms with Crippen molar-refractivity contribution >= 4 is 77.3 Å². The Kier molecular flexibility index (Phi) is 7.89. The molecule has 0 fully saturated rings. The molecule has 0 unspecified atom stereocenters. The lowest BCUT2D eigenvalue weighted by atomic mass is 10.0. The van der Waals surface area contributed by atoms with Gasteiger partial charge in [-0.2, -0.15) is 0 Å². The van der Waals surface area contributed by atoms with E-state index in [1.807, 2.05) is 0 Å². The van der Waals surface area contributed by atoms with Crippen molar-refractivity contribution in [2.24, 2.45) is 0 Å². The summed E-state index contributed by atoms with van der Waals surface area (Å²) in [6.45, 7) is 0. The van der Waals surface area contributed by atoms with E-state index in [1.54, 1.807) is 0 Å². The largest absolute Gasteiger partial charge is 0.309 e. The van der Waals surface area contributed by atoms with E-state index in [2.05, 4.69) is 240 Å². The summed E-state index contributed by atoms with van der Waals surface area (Å²) in [5.41, 5.74) is 14.5. The monoisotopic (exact) mass is 762 g/mol. The van der Waals surface area contributed by atoms with E-state index in [-0.39, 0.29) is 0 Å². The first-order valence-electron chi connectivity index (χ1n) is 20.7. The third-order valence-corrected chi connectivity index (χ3v) is 12.2. The number of benzene rings is 10. The van der Waals surface area contributed by atoms with Crippen molar-refractivity contribution in [3.8, 4) is 33.6 Å². The Balaban J connectivity index is 0.841. The third kappa shape index (κ3) is 5.73. The van der Waals surface area contributed by atoms with E-state index >= 15 is 0 Å². The molecule has 0 spiro atoms. The SMILES string of the molecule is C(=Cc1ccc2cc(-n3c4ccccc4c4cc(-c5ccccc5)ccc43)ccc2c1)c1ccc2cc(-n3c4ccccc4c4cc(-c5ccccc5)ccc43)ccc2c1. The maximum atomic E-state index is 2.40. The third-order valence-electron chi connectivity index (χ3n) is 12.2. The first-order chi connectivity index (χ1) is 29.7. The van der Waals surface area contributed by atoms with Crippen molar-refractivity contribution < 1.29 is 0 Å². The van der Waals surface area contributed by atoms with Crippen molar-refractivity contribution in [3.05, 3.63) is 230 Å². The first-order valence-corrected chi connectivity index (χ1v) is 20.7. The maximum Gasteiger partial charge on any atom is 0.0541 e. The predicted molar refractivity (Wildman–Crippen MR) is 256 cm³/mol. The lowest BCUT2D eigenvalue weighted by Gasteiger charge is -2.10. The van der Waals surface area contributed by atoms with Gasteiger partial charge in [0.15, 0.2) is 0 Å². The van der Waals surface area contributed by atoms with E-state index in [0.717, 1.165) is 0 Å². The van der Waals surface area contributed by atoms with Crippen LogP contribution >= 0.6 is 0 Å². The number of hydrogen-bond acceptors (Lipinski definition) is 0. The van der Waals surface area contributed by atoms with Gasteiger partial charge in [-0.05, 0) is 128 Å². The lowest BCUT2D eigenvalue weighted by molar-refractivity contribution is 1.19. The van der Waals surface area contributed by atoms with Gasteiger partial charge >= 0.3 is 0 Å². The van der Waals surface area contributed by atoms with Crippen LogP contribution in [0.15, 0.2) is 218 Å². The molecule has 10 aromatic carbocycles. The van der Waals surface area contributed by atoms with Crippen molar-refractivity contribution in [1.29, 1.82) is 0 Å². The van der Waals surface area contributed by atoms with Gasteiger partial charge in [0.25, 0.3) is 0 Å². The molecule has 280 valence electrons. The second-order valence-corrected chi connectivity index (χ2v) is 15.8. The smallest absolute Gasteiger partial charge is 0.0541 e. The zero-order valence-electron chi connectivity index (χ0n) is 32.8. The zero-order chi connectivity index (χ0) is 39.6. The summed E-state index contributed by atoms with van der Waals surface area (Å²) in [6, 6.07) is 79.7. The van der Waals surface area contributed by atoms with Crippen LogP contribution in [-0.2, 0) is 0 Å². The van der Waals surface area contributed by atoms with Crippen LogP contribution in [0.3, 0.4) is 0 Å². The number of aromatic nitrogens is 2. The predicted octanol–water partition coefficient (Wildman–Crippen LogP) is 15.7. The highest BCUT2D eigenvalue weighted by Crippen LogP contribution is 2.38. The molecule has 2 heteroatoms. The number of para-hydroxylation sites is 2. The van der Waals surface area contributed by atoms with Crippen LogP contribution < -0.4 is 0 Å². The van der Waals surface area contributed by atoms with Gasteiger partial charge in [-0.25, -0.2) is 0 Å². The Bertz CT molecular complexity index is 3400. The molecule has 60 heavy (non-hydrogen) atoms. The number of nitrogens with zero attached hydrogens (tertiary/aromatic N) is 2. The molecule has 12 rings (SSSR count). The fourth-order valence-corrected chi connectivity index (χ4v) is 9.30. The number of hydrogen-bond donors (Lipinski definition) is 0. The molecule has 0 bridgehead atoms. The molecular formula is C58H38N2. The van der Waals surface area contributed by atoms with Gasteiger partial charge in [0.05, 0.1) is 22.1 Å². The van der Waals surface area contributed by atoms with Gasteiger partial charge in [-0.1, -0.05) is 158 Å². The topological polar surface area (TPSA) is 9.86 Å². The van der Waals surface area contributed by atoms with E-state index in [9.17, 15) is 0 Å². The lowest BCUT2D eigenvalue weighted by Crippen LogP contribution is -1.94. The standard InChI is InChI=1S/C58H38N2/c1-3-11-41(12-4-1)47-27-31-57-53(37-47)51-15-7-9-17-55(51)59(57)49-29-25-43-33-39(21-23-45(43)35-49)19-20-40-22-24-46-36-50(30-26-44(46)34-40)60-56-18-10-8-16-52(56)54-38-48(28-32-58(54)60)42-13-5-2-6-14-42/h1-38H.